The number of hydrogen-bond acceptors (Lipinski definition) is 5. The van der Waals surface area contributed by atoms with Gasteiger partial charge in [-0.1, -0.05) is 19.1 Å². The van der Waals surface area contributed by atoms with Crippen LogP contribution in [0.3, 0.4) is 0 Å². The van der Waals surface area contributed by atoms with Crippen molar-refractivity contribution < 1.29 is 24.2 Å². The average Bonchev–Trinajstić information content (AvgIpc) is 2.54. The minimum absolute atomic E-state index is 0.0236. The molecule has 0 saturated carbocycles. The molecule has 3 N–H and O–H groups in total. The van der Waals surface area contributed by atoms with E-state index in [2.05, 4.69) is 0 Å². The molecule has 128 valence electrons. The number of ether oxygens (including phenoxy) is 2. The van der Waals surface area contributed by atoms with Crippen molar-refractivity contribution in [3.05, 3.63) is 58.2 Å². The van der Waals surface area contributed by atoms with Crippen LogP contribution in [0.5, 0.6) is 0 Å². The Balaban J connectivity index is 2.55. The fourth-order valence-electron chi connectivity index (χ4n) is 2.87. The molecule has 0 radical (unpaired) electrons. The van der Waals surface area contributed by atoms with Crippen molar-refractivity contribution in [2.24, 2.45) is 5.73 Å². The maximum atomic E-state index is 12.4. The van der Waals surface area contributed by atoms with Gasteiger partial charge in [0.25, 0.3) is 0 Å². The van der Waals surface area contributed by atoms with Crippen molar-refractivity contribution >= 4 is 11.9 Å². The lowest BCUT2D eigenvalue weighted by Crippen LogP contribution is -2.26. The lowest BCUT2D eigenvalue weighted by molar-refractivity contribution is -0.139. The molecule has 1 unspecified atom stereocenters. The van der Waals surface area contributed by atoms with E-state index in [4.69, 9.17) is 20.3 Å². The molecule has 0 saturated heterocycles. The first kappa shape index (κ1) is 17.6. The largest absolute Gasteiger partial charge is 0.478 e. The normalized spacial score (nSPS) is 17.5. The van der Waals surface area contributed by atoms with Gasteiger partial charge in [0.15, 0.2) is 0 Å². The molecule has 0 spiro atoms. The predicted molar refractivity (Wildman–Crippen MR) is 88.1 cm³/mol. The van der Waals surface area contributed by atoms with Crippen molar-refractivity contribution in [1.82, 2.24) is 0 Å². The van der Waals surface area contributed by atoms with E-state index in [1.165, 1.54) is 12.1 Å². The zero-order chi connectivity index (χ0) is 17.9. The van der Waals surface area contributed by atoms with Crippen LogP contribution in [0.25, 0.3) is 0 Å². The molecule has 1 heterocycles. The zero-order valence-corrected chi connectivity index (χ0v) is 14.0. The van der Waals surface area contributed by atoms with Crippen LogP contribution in [-0.4, -0.2) is 23.7 Å². The first-order valence-corrected chi connectivity index (χ1v) is 7.78. The number of esters is 1. The number of carbonyl (C=O) groups excluding carboxylic acids is 1. The molecular formula is C18H21NO5. The lowest BCUT2D eigenvalue weighted by Gasteiger charge is -2.29. The third-order valence-electron chi connectivity index (χ3n) is 3.99. The Morgan fingerprint density at radius 1 is 1.25 bits per heavy atom. The Kier molecular flexibility index (Phi) is 5.28. The number of allylic oxidation sites excluding steroid dienone is 2. The fraction of sp³-hybridized carbons (Fsp3) is 0.333. The Labute approximate surface area is 140 Å². The van der Waals surface area contributed by atoms with Crippen molar-refractivity contribution in [3.8, 4) is 0 Å². The monoisotopic (exact) mass is 331 g/mol. The van der Waals surface area contributed by atoms with Crippen LogP contribution in [0.1, 0.15) is 49.0 Å². The number of rotatable bonds is 5. The van der Waals surface area contributed by atoms with Gasteiger partial charge in [0.05, 0.1) is 12.2 Å². The smallest absolute Gasteiger partial charge is 0.340 e. The van der Waals surface area contributed by atoms with E-state index < -0.39 is 17.9 Å². The van der Waals surface area contributed by atoms with Crippen LogP contribution in [0, 0.1) is 0 Å². The molecule has 6 heteroatoms. The summed E-state index contributed by atoms with van der Waals surface area (Å²) in [5.41, 5.74) is 8.07. The molecule has 0 aliphatic carbocycles. The number of carboxylic acid groups (broad SMARTS) is 1. The average molecular weight is 331 g/mol. The minimum atomic E-state index is -1.00. The van der Waals surface area contributed by atoms with Gasteiger partial charge in [-0.05, 0) is 43.5 Å². The number of benzene rings is 1. The standard InChI is InChI=1S/C18H21NO5/c1-4-13-10(3)24-16(19)15(18(22)23-5-2)14(13)11-6-8-12(9-7-11)17(20)21/h6-9,14H,4-5,19H2,1-3H3,(H,20,21). The summed E-state index contributed by atoms with van der Waals surface area (Å²) in [6.07, 6.45) is 0.660. The van der Waals surface area contributed by atoms with Gasteiger partial charge in [0, 0.05) is 5.92 Å². The summed E-state index contributed by atoms with van der Waals surface area (Å²) in [6, 6.07) is 6.40. The van der Waals surface area contributed by atoms with Crippen LogP contribution in [0.15, 0.2) is 47.1 Å². The van der Waals surface area contributed by atoms with E-state index in [0.29, 0.717) is 12.2 Å². The van der Waals surface area contributed by atoms with Crippen LogP contribution in [0.2, 0.25) is 0 Å². The topological polar surface area (TPSA) is 98.9 Å². The fourth-order valence-corrected chi connectivity index (χ4v) is 2.87. The maximum Gasteiger partial charge on any atom is 0.340 e. The van der Waals surface area contributed by atoms with Gasteiger partial charge in [0.1, 0.15) is 11.3 Å². The highest BCUT2D eigenvalue weighted by Gasteiger charge is 2.35. The molecule has 1 aliphatic heterocycles. The molecule has 6 nitrogen and oxygen atoms in total. The highest BCUT2D eigenvalue weighted by atomic mass is 16.5. The predicted octanol–water partition coefficient (Wildman–Crippen LogP) is 2.92. The first-order valence-electron chi connectivity index (χ1n) is 7.78. The number of hydrogen-bond donors (Lipinski definition) is 2. The molecule has 24 heavy (non-hydrogen) atoms. The molecule has 1 atom stereocenters. The Hall–Kier alpha value is -2.76. The third kappa shape index (κ3) is 3.27. The number of aromatic carboxylic acids is 1. The highest BCUT2D eigenvalue weighted by Crippen LogP contribution is 2.41. The first-order chi connectivity index (χ1) is 11.4. The van der Waals surface area contributed by atoms with Gasteiger partial charge in [-0.15, -0.1) is 0 Å². The number of carbonyl (C=O) groups is 2. The molecule has 1 aromatic carbocycles. The van der Waals surface area contributed by atoms with Crippen LogP contribution in [-0.2, 0) is 14.3 Å². The quantitative estimate of drug-likeness (QED) is 0.805. The van der Waals surface area contributed by atoms with Crippen molar-refractivity contribution in [1.29, 1.82) is 0 Å². The van der Waals surface area contributed by atoms with Gasteiger partial charge < -0.3 is 20.3 Å². The summed E-state index contributed by atoms with van der Waals surface area (Å²) in [5, 5.41) is 9.05. The summed E-state index contributed by atoms with van der Waals surface area (Å²) >= 11 is 0. The third-order valence-corrected chi connectivity index (χ3v) is 3.99. The van der Waals surface area contributed by atoms with Gasteiger partial charge in [-0.2, -0.15) is 0 Å². The van der Waals surface area contributed by atoms with Gasteiger partial charge >= 0.3 is 11.9 Å². The summed E-state index contributed by atoms with van der Waals surface area (Å²) < 4.78 is 10.6. The maximum absolute atomic E-state index is 12.4. The van der Waals surface area contributed by atoms with Crippen molar-refractivity contribution in [2.45, 2.75) is 33.1 Å². The molecule has 0 amide bonds. The molecular weight excluding hydrogens is 310 g/mol. The van der Waals surface area contributed by atoms with Crippen molar-refractivity contribution in [3.63, 3.8) is 0 Å². The summed E-state index contributed by atoms with van der Waals surface area (Å²) in [7, 11) is 0. The van der Waals surface area contributed by atoms with Crippen molar-refractivity contribution in [2.75, 3.05) is 6.61 Å². The summed E-state index contributed by atoms with van der Waals surface area (Å²) in [6.45, 7) is 5.71. The van der Waals surface area contributed by atoms with E-state index >= 15 is 0 Å². The van der Waals surface area contributed by atoms with Crippen LogP contribution in [0.4, 0.5) is 0 Å². The Morgan fingerprint density at radius 2 is 1.88 bits per heavy atom. The van der Waals surface area contributed by atoms with Gasteiger partial charge in [-0.25, -0.2) is 9.59 Å². The Morgan fingerprint density at radius 3 is 2.38 bits per heavy atom. The summed E-state index contributed by atoms with van der Waals surface area (Å²) in [5.74, 6) is -1.27. The molecule has 0 bridgehead atoms. The van der Waals surface area contributed by atoms with E-state index in [-0.39, 0.29) is 23.6 Å². The second kappa shape index (κ2) is 7.21. The zero-order valence-electron chi connectivity index (χ0n) is 14.0. The van der Waals surface area contributed by atoms with Crippen LogP contribution < -0.4 is 5.73 Å². The molecule has 0 aromatic heterocycles. The second-order valence-electron chi connectivity index (χ2n) is 5.40. The second-order valence-corrected chi connectivity index (χ2v) is 5.40. The Bertz CT molecular complexity index is 715. The molecule has 2 rings (SSSR count). The van der Waals surface area contributed by atoms with Gasteiger partial charge in [-0.3, -0.25) is 0 Å². The van der Waals surface area contributed by atoms with E-state index in [9.17, 15) is 9.59 Å². The van der Waals surface area contributed by atoms with Crippen LogP contribution >= 0.6 is 0 Å². The van der Waals surface area contributed by atoms with Gasteiger partial charge in [0.2, 0.25) is 5.88 Å². The van der Waals surface area contributed by atoms with E-state index in [1.807, 2.05) is 6.92 Å². The molecule has 1 aromatic rings. The highest BCUT2D eigenvalue weighted by molar-refractivity contribution is 5.92. The molecule has 0 fully saturated rings. The van der Waals surface area contributed by atoms with E-state index in [1.54, 1.807) is 26.0 Å². The molecule has 1 aliphatic rings. The number of carboxylic acids is 1. The number of nitrogens with two attached hydrogens (primary N) is 1. The SMILES string of the molecule is CCOC(=O)C1=C(N)OC(C)=C(CC)C1c1ccc(C(=O)O)cc1. The summed E-state index contributed by atoms with van der Waals surface area (Å²) in [4.78, 5) is 23.4. The van der Waals surface area contributed by atoms with E-state index in [0.717, 1.165) is 11.1 Å². The lowest BCUT2D eigenvalue weighted by atomic mass is 9.81. The minimum Gasteiger partial charge on any atom is -0.478 e.